The zero-order chi connectivity index (χ0) is 13.2. The topological polar surface area (TPSA) is 50.7 Å². The summed E-state index contributed by atoms with van der Waals surface area (Å²) in [6.07, 6.45) is 5.04. The monoisotopic (exact) mass is 254 g/mol. The first-order valence-corrected chi connectivity index (χ1v) is 6.68. The van der Waals surface area contributed by atoms with Crippen LogP contribution in [0.2, 0.25) is 0 Å². The molecule has 2 heterocycles. The van der Waals surface area contributed by atoms with E-state index in [1.54, 1.807) is 0 Å². The molecule has 1 aliphatic rings. The quantitative estimate of drug-likeness (QED) is 0.911. The summed E-state index contributed by atoms with van der Waals surface area (Å²) in [5.74, 6) is 3.11. The van der Waals surface area contributed by atoms with E-state index in [9.17, 15) is 0 Å². The number of anilines is 1. The number of aryl methyl sites for hydroxylation is 2. The first-order chi connectivity index (χ1) is 9.22. The van der Waals surface area contributed by atoms with E-state index in [1.165, 1.54) is 12.0 Å². The zero-order valence-corrected chi connectivity index (χ0v) is 11.3. The van der Waals surface area contributed by atoms with Crippen LogP contribution in [0.15, 0.2) is 30.6 Å². The van der Waals surface area contributed by atoms with Crippen molar-refractivity contribution in [2.24, 2.45) is 5.92 Å². The summed E-state index contributed by atoms with van der Waals surface area (Å²) in [7, 11) is 0. The first-order valence-electron chi connectivity index (χ1n) is 6.68. The fourth-order valence-electron chi connectivity index (χ4n) is 2.52. The van der Waals surface area contributed by atoms with Crippen LogP contribution in [-0.2, 0) is 0 Å². The molecule has 2 aromatic heterocycles. The number of hydrogen-bond donors (Lipinski definition) is 1. The molecule has 3 rings (SSSR count). The van der Waals surface area contributed by atoms with Crippen molar-refractivity contribution in [3.63, 3.8) is 0 Å². The van der Waals surface area contributed by atoms with Gasteiger partial charge in [-0.05, 0) is 43.7 Å². The van der Waals surface area contributed by atoms with Gasteiger partial charge >= 0.3 is 0 Å². The van der Waals surface area contributed by atoms with E-state index in [2.05, 4.69) is 26.3 Å². The Morgan fingerprint density at radius 3 is 2.95 bits per heavy atom. The number of aromatic nitrogens is 3. The van der Waals surface area contributed by atoms with Crippen molar-refractivity contribution < 1.29 is 0 Å². The largest absolute Gasteiger partial charge is 0.370 e. The normalized spacial score (nSPS) is 21.2. The van der Waals surface area contributed by atoms with Gasteiger partial charge in [0.2, 0.25) is 0 Å². The molecule has 4 nitrogen and oxygen atoms in total. The minimum atomic E-state index is 0.658. The molecule has 1 N–H and O–H groups in total. The summed E-state index contributed by atoms with van der Waals surface area (Å²) >= 11 is 0. The maximum atomic E-state index is 4.40. The highest BCUT2D eigenvalue weighted by Crippen LogP contribution is 2.46. The van der Waals surface area contributed by atoms with Crippen molar-refractivity contribution in [2.75, 3.05) is 11.9 Å². The summed E-state index contributed by atoms with van der Waals surface area (Å²) in [6, 6.07) is 6.17. The number of hydrogen-bond acceptors (Lipinski definition) is 4. The molecule has 2 atom stereocenters. The van der Waals surface area contributed by atoms with Gasteiger partial charge in [0.05, 0.1) is 0 Å². The van der Waals surface area contributed by atoms with Crippen LogP contribution < -0.4 is 5.32 Å². The highest BCUT2D eigenvalue weighted by atomic mass is 15.0. The van der Waals surface area contributed by atoms with E-state index in [1.807, 2.05) is 38.4 Å². The van der Waals surface area contributed by atoms with Crippen LogP contribution in [0.25, 0.3) is 0 Å². The fraction of sp³-hybridized carbons (Fsp3) is 0.400. The average molecular weight is 254 g/mol. The summed E-state index contributed by atoms with van der Waals surface area (Å²) in [6.45, 7) is 4.89. The number of pyridine rings is 1. The Morgan fingerprint density at radius 2 is 2.21 bits per heavy atom. The van der Waals surface area contributed by atoms with Gasteiger partial charge in [-0.15, -0.1) is 0 Å². The molecule has 0 amide bonds. The molecule has 0 radical (unpaired) electrons. The number of nitrogens with zero attached hydrogens (tertiary/aromatic N) is 3. The van der Waals surface area contributed by atoms with Crippen molar-refractivity contribution in [1.29, 1.82) is 0 Å². The number of nitrogens with one attached hydrogen (secondary N) is 1. The van der Waals surface area contributed by atoms with Gasteiger partial charge < -0.3 is 5.32 Å². The van der Waals surface area contributed by atoms with Gasteiger partial charge in [0.1, 0.15) is 11.6 Å². The van der Waals surface area contributed by atoms with E-state index in [-0.39, 0.29) is 0 Å². The maximum absolute atomic E-state index is 4.40. The molecule has 0 aliphatic heterocycles. The SMILES string of the molecule is Cc1cc(NC[C@@H]2C[C@H]2c2cccnc2)nc(C)n1. The van der Waals surface area contributed by atoms with Gasteiger partial charge in [0.15, 0.2) is 0 Å². The molecule has 0 spiro atoms. The van der Waals surface area contributed by atoms with Gasteiger partial charge in [-0.1, -0.05) is 6.07 Å². The summed E-state index contributed by atoms with van der Waals surface area (Å²) in [5.41, 5.74) is 2.36. The van der Waals surface area contributed by atoms with Crippen LogP contribution in [0, 0.1) is 19.8 Å². The maximum Gasteiger partial charge on any atom is 0.129 e. The Labute approximate surface area is 113 Å². The van der Waals surface area contributed by atoms with E-state index < -0.39 is 0 Å². The Morgan fingerprint density at radius 1 is 1.32 bits per heavy atom. The highest BCUT2D eigenvalue weighted by Gasteiger charge is 2.37. The molecule has 0 saturated heterocycles. The molecular weight excluding hydrogens is 236 g/mol. The molecule has 19 heavy (non-hydrogen) atoms. The van der Waals surface area contributed by atoms with Crippen LogP contribution in [-0.4, -0.2) is 21.5 Å². The predicted molar refractivity (Wildman–Crippen MR) is 75.1 cm³/mol. The zero-order valence-electron chi connectivity index (χ0n) is 11.3. The average Bonchev–Trinajstić information content (AvgIpc) is 3.16. The van der Waals surface area contributed by atoms with Gasteiger partial charge in [-0.3, -0.25) is 4.98 Å². The third-order valence-electron chi connectivity index (χ3n) is 3.55. The molecule has 0 unspecified atom stereocenters. The first kappa shape index (κ1) is 12.1. The summed E-state index contributed by atoms with van der Waals surface area (Å²) < 4.78 is 0. The summed E-state index contributed by atoms with van der Waals surface area (Å²) in [5, 5.41) is 3.42. The molecule has 0 aromatic carbocycles. The lowest BCUT2D eigenvalue weighted by Gasteiger charge is -2.06. The van der Waals surface area contributed by atoms with E-state index in [0.29, 0.717) is 11.8 Å². The smallest absolute Gasteiger partial charge is 0.129 e. The van der Waals surface area contributed by atoms with Crippen molar-refractivity contribution in [2.45, 2.75) is 26.2 Å². The second-order valence-corrected chi connectivity index (χ2v) is 5.21. The van der Waals surface area contributed by atoms with E-state index >= 15 is 0 Å². The Hall–Kier alpha value is -1.97. The molecule has 98 valence electrons. The lowest BCUT2D eigenvalue weighted by atomic mass is 10.1. The summed E-state index contributed by atoms with van der Waals surface area (Å²) in [4.78, 5) is 12.9. The Bertz CT molecular complexity index is 547. The van der Waals surface area contributed by atoms with E-state index in [0.717, 1.165) is 23.9 Å². The second kappa shape index (κ2) is 4.96. The third kappa shape index (κ3) is 2.89. The molecular formula is C15H18N4. The highest BCUT2D eigenvalue weighted by molar-refractivity contribution is 5.36. The van der Waals surface area contributed by atoms with Crippen molar-refractivity contribution in [3.05, 3.63) is 47.7 Å². The molecule has 1 aliphatic carbocycles. The van der Waals surface area contributed by atoms with Crippen LogP contribution >= 0.6 is 0 Å². The van der Waals surface area contributed by atoms with Crippen molar-refractivity contribution in [3.8, 4) is 0 Å². The molecule has 1 saturated carbocycles. The van der Waals surface area contributed by atoms with Crippen molar-refractivity contribution in [1.82, 2.24) is 15.0 Å². The van der Waals surface area contributed by atoms with Crippen LogP contribution in [0.1, 0.15) is 29.4 Å². The Kier molecular flexibility index (Phi) is 3.15. The molecule has 2 aromatic rings. The van der Waals surface area contributed by atoms with Gasteiger partial charge in [-0.25, -0.2) is 9.97 Å². The lowest BCUT2D eigenvalue weighted by Crippen LogP contribution is -2.07. The Balaban J connectivity index is 1.57. The van der Waals surface area contributed by atoms with Crippen molar-refractivity contribution >= 4 is 5.82 Å². The van der Waals surface area contributed by atoms with E-state index in [4.69, 9.17) is 0 Å². The van der Waals surface area contributed by atoms with Gasteiger partial charge in [0, 0.05) is 30.7 Å². The fourth-order valence-corrected chi connectivity index (χ4v) is 2.52. The second-order valence-electron chi connectivity index (χ2n) is 5.21. The minimum absolute atomic E-state index is 0.658. The van der Waals surface area contributed by atoms with Crippen LogP contribution in [0.3, 0.4) is 0 Å². The van der Waals surface area contributed by atoms with Crippen LogP contribution in [0.4, 0.5) is 5.82 Å². The third-order valence-corrected chi connectivity index (χ3v) is 3.55. The standard InChI is InChI=1S/C15H18N4/c1-10-6-15(19-11(2)18-10)17-9-13-7-14(13)12-4-3-5-16-8-12/h3-6,8,13-14H,7,9H2,1-2H3,(H,17,18,19)/t13-,14-/m0/s1. The molecule has 1 fully saturated rings. The van der Waals surface area contributed by atoms with Gasteiger partial charge in [0.25, 0.3) is 0 Å². The molecule has 4 heteroatoms. The van der Waals surface area contributed by atoms with Gasteiger partial charge in [-0.2, -0.15) is 0 Å². The van der Waals surface area contributed by atoms with Crippen LogP contribution in [0.5, 0.6) is 0 Å². The molecule has 0 bridgehead atoms. The lowest BCUT2D eigenvalue weighted by molar-refractivity contribution is 0.833. The predicted octanol–water partition coefficient (Wildman–Crippen LogP) is 2.70. The number of rotatable bonds is 4. The minimum Gasteiger partial charge on any atom is -0.370 e.